The molecular formula is C8H9O2. The number of carbonyl (C=O) groups excluding carboxylic acids is 2. The van der Waals surface area contributed by atoms with Gasteiger partial charge >= 0.3 is 0 Å². The highest BCUT2D eigenvalue weighted by Gasteiger charge is 2.14. The Hall–Kier alpha value is -1.18. The largest absolute Gasteiger partial charge is 0.293 e. The molecule has 1 unspecified atom stereocenters. The van der Waals surface area contributed by atoms with E-state index in [1.807, 2.05) is 0 Å². The predicted octanol–water partition coefficient (Wildman–Crippen LogP) is 1.04. The standard InChI is InChI=1S/C8H9O2/c1-4-7(5-9)8(10)6(2)3/h4,7H,1-2H2,3H3. The van der Waals surface area contributed by atoms with Crippen molar-refractivity contribution in [2.24, 2.45) is 5.92 Å². The molecule has 0 bridgehead atoms. The minimum atomic E-state index is -0.836. The molecule has 0 aliphatic carbocycles. The van der Waals surface area contributed by atoms with Crippen molar-refractivity contribution in [3.05, 3.63) is 24.8 Å². The van der Waals surface area contributed by atoms with Gasteiger partial charge in [-0.15, -0.1) is 6.58 Å². The fraction of sp³-hybridized carbons (Fsp3) is 0.250. The molecule has 0 fully saturated rings. The smallest absolute Gasteiger partial charge is 0.214 e. The van der Waals surface area contributed by atoms with Gasteiger partial charge in [0, 0.05) is 0 Å². The van der Waals surface area contributed by atoms with Gasteiger partial charge in [0.25, 0.3) is 0 Å². The average molecular weight is 137 g/mol. The summed E-state index contributed by atoms with van der Waals surface area (Å²) in [5.74, 6) is -1.15. The van der Waals surface area contributed by atoms with Crippen LogP contribution in [0, 0.1) is 5.92 Å². The third kappa shape index (κ3) is 1.97. The van der Waals surface area contributed by atoms with E-state index in [2.05, 4.69) is 13.2 Å². The Morgan fingerprint density at radius 2 is 2.20 bits per heavy atom. The van der Waals surface area contributed by atoms with Crippen LogP contribution in [0.2, 0.25) is 0 Å². The van der Waals surface area contributed by atoms with Gasteiger partial charge in [-0.3, -0.25) is 9.59 Å². The summed E-state index contributed by atoms with van der Waals surface area (Å²) in [5, 5.41) is 0. The van der Waals surface area contributed by atoms with Crippen LogP contribution in [0.5, 0.6) is 0 Å². The van der Waals surface area contributed by atoms with Crippen molar-refractivity contribution in [2.45, 2.75) is 6.92 Å². The van der Waals surface area contributed by atoms with Crippen LogP contribution in [-0.2, 0) is 9.59 Å². The lowest BCUT2D eigenvalue weighted by Gasteiger charge is -1.99. The van der Waals surface area contributed by atoms with Crippen molar-refractivity contribution in [2.75, 3.05) is 0 Å². The van der Waals surface area contributed by atoms with Gasteiger partial charge in [-0.2, -0.15) is 0 Å². The van der Waals surface area contributed by atoms with E-state index in [1.165, 1.54) is 6.08 Å². The summed E-state index contributed by atoms with van der Waals surface area (Å²) in [7, 11) is 0. The predicted molar refractivity (Wildman–Crippen MR) is 39.2 cm³/mol. The Morgan fingerprint density at radius 1 is 1.70 bits per heavy atom. The Labute approximate surface area is 60.2 Å². The second-order valence-corrected chi connectivity index (χ2v) is 1.98. The lowest BCUT2D eigenvalue weighted by molar-refractivity contribution is -0.116. The highest BCUT2D eigenvalue weighted by Crippen LogP contribution is 2.02. The summed E-state index contributed by atoms with van der Waals surface area (Å²) in [4.78, 5) is 20.9. The Bertz CT molecular complexity index is 172. The minimum Gasteiger partial charge on any atom is -0.293 e. The quantitative estimate of drug-likeness (QED) is 0.329. The van der Waals surface area contributed by atoms with E-state index >= 15 is 0 Å². The van der Waals surface area contributed by atoms with Gasteiger partial charge in [0.2, 0.25) is 6.29 Å². The first-order valence-electron chi connectivity index (χ1n) is 2.83. The summed E-state index contributed by atoms with van der Waals surface area (Å²) in [6.45, 7) is 8.26. The molecule has 0 saturated heterocycles. The molecule has 0 aromatic heterocycles. The SMILES string of the molecule is C=CC([C]=O)C(=O)C(=C)C. The first-order chi connectivity index (χ1) is 4.63. The second-order valence-electron chi connectivity index (χ2n) is 1.98. The summed E-state index contributed by atoms with van der Waals surface area (Å²) >= 11 is 0. The fourth-order valence-corrected chi connectivity index (χ4v) is 0.474. The average Bonchev–Trinajstić information content (AvgIpc) is 1.90. The molecule has 1 atom stereocenters. The normalized spacial score (nSPS) is 11.7. The number of ketones is 1. The number of allylic oxidation sites excluding steroid dienone is 2. The van der Waals surface area contributed by atoms with Crippen LogP contribution >= 0.6 is 0 Å². The van der Waals surface area contributed by atoms with Crippen molar-refractivity contribution >= 4 is 12.1 Å². The van der Waals surface area contributed by atoms with Crippen LogP contribution in [0.25, 0.3) is 0 Å². The second kappa shape index (κ2) is 3.77. The molecule has 0 amide bonds. The van der Waals surface area contributed by atoms with Gasteiger partial charge in [0.15, 0.2) is 5.78 Å². The van der Waals surface area contributed by atoms with Crippen LogP contribution in [0.1, 0.15) is 6.92 Å². The lowest BCUT2D eigenvalue weighted by atomic mass is 10.0. The number of rotatable bonds is 4. The van der Waals surface area contributed by atoms with E-state index in [0.29, 0.717) is 5.57 Å². The van der Waals surface area contributed by atoms with Crippen LogP contribution < -0.4 is 0 Å². The van der Waals surface area contributed by atoms with Crippen molar-refractivity contribution in [3.8, 4) is 0 Å². The maximum atomic E-state index is 10.9. The van der Waals surface area contributed by atoms with Crippen molar-refractivity contribution in [1.82, 2.24) is 0 Å². The van der Waals surface area contributed by atoms with Gasteiger partial charge in [-0.25, -0.2) is 0 Å². The highest BCUT2D eigenvalue weighted by molar-refractivity contribution is 6.05. The van der Waals surface area contributed by atoms with E-state index < -0.39 is 5.92 Å². The zero-order valence-corrected chi connectivity index (χ0v) is 5.89. The fourth-order valence-electron chi connectivity index (χ4n) is 0.474. The Kier molecular flexibility index (Phi) is 3.33. The van der Waals surface area contributed by atoms with E-state index in [9.17, 15) is 9.59 Å². The lowest BCUT2D eigenvalue weighted by Crippen LogP contribution is -2.13. The monoisotopic (exact) mass is 137 g/mol. The summed E-state index contributed by atoms with van der Waals surface area (Å²) < 4.78 is 0. The van der Waals surface area contributed by atoms with Crippen molar-refractivity contribution in [1.29, 1.82) is 0 Å². The molecule has 2 heteroatoms. The Morgan fingerprint density at radius 3 is 2.30 bits per heavy atom. The van der Waals surface area contributed by atoms with E-state index in [4.69, 9.17) is 0 Å². The van der Waals surface area contributed by atoms with Crippen LogP contribution in [0.4, 0.5) is 0 Å². The molecular weight excluding hydrogens is 128 g/mol. The summed E-state index contributed by atoms with van der Waals surface area (Å²) in [5.41, 5.74) is 0.355. The first-order valence-corrected chi connectivity index (χ1v) is 2.83. The van der Waals surface area contributed by atoms with Gasteiger partial charge < -0.3 is 0 Å². The molecule has 1 radical (unpaired) electrons. The van der Waals surface area contributed by atoms with Crippen LogP contribution in [-0.4, -0.2) is 12.1 Å². The number of hydrogen-bond acceptors (Lipinski definition) is 2. The zero-order valence-electron chi connectivity index (χ0n) is 5.89. The van der Waals surface area contributed by atoms with Crippen molar-refractivity contribution < 1.29 is 9.59 Å². The molecule has 10 heavy (non-hydrogen) atoms. The molecule has 0 aliphatic heterocycles. The number of Topliss-reactive ketones (excluding diaryl/α,β-unsaturated/α-hetero) is 1. The van der Waals surface area contributed by atoms with Gasteiger partial charge in [-0.1, -0.05) is 12.7 Å². The zero-order chi connectivity index (χ0) is 8.15. The van der Waals surface area contributed by atoms with E-state index in [-0.39, 0.29) is 5.78 Å². The first kappa shape index (κ1) is 8.82. The maximum absolute atomic E-state index is 10.9. The third-order valence-corrected chi connectivity index (χ3v) is 1.07. The van der Waals surface area contributed by atoms with Gasteiger partial charge in [-0.05, 0) is 12.5 Å². The van der Waals surface area contributed by atoms with Gasteiger partial charge in [0.1, 0.15) is 5.92 Å². The topological polar surface area (TPSA) is 34.1 Å². The third-order valence-electron chi connectivity index (χ3n) is 1.07. The van der Waals surface area contributed by atoms with Crippen LogP contribution in [0.15, 0.2) is 24.8 Å². The molecule has 0 aromatic carbocycles. The molecule has 0 aliphatic rings. The molecule has 0 spiro atoms. The van der Waals surface area contributed by atoms with E-state index in [1.54, 1.807) is 13.2 Å². The molecule has 0 N–H and O–H groups in total. The maximum Gasteiger partial charge on any atom is 0.214 e. The number of hydrogen-bond donors (Lipinski definition) is 0. The molecule has 0 saturated carbocycles. The highest BCUT2D eigenvalue weighted by atomic mass is 16.1. The Balaban J connectivity index is 4.29. The minimum absolute atomic E-state index is 0.315. The molecule has 0 aromatic rings. The molecule has 0 heterocycles. The van der Waals surface area contributed by atoms with Crippen molar-refractivity contribution in [3.63, 3.8) is 0 Å². The molecule has 53 valence electrons. The molecule has 2 nitrogen and oxygen atoms in total. The van der Waals surface area contributed by atoms with Crippen LogP contribution in [0.3, 0.4) is 0 Å². The van der Waals surface area contributed by atoms with Gasteiger partial charge in [0.05, 0.1) is 0 Å². The van der Waals surface area contributed by atoms with E-state index in [0.717, 1.165) is 0 Å². The summed E-state index contributed by atoms with van der Waals surface area (Å²) in [6, 6.07) is 0. The molecule has 0 rings (SSSR count). The summed E-state index contributed by atoms with van der Waals surface area (Å²) in [6.07, 6.45) is 2.81. The number of carbonyl (C=O) groups is 1.